The summed E-state index contributed by atoms with van der Waals surface area (Å²) in [5.41, 5.74) is 0.744. The molecule has 0 spiro atoms. The topological polar surface area (TPSA) is 39.2 Å². The van der Waals surface area contributed by atoms with Crippen LogP contribution in [0.4, 0.5) is 0 Å². The zero-order valence-electron chi connectivity index (χ0n) is 11.0. The van der Waals surface area contributed by atoms with E-state index >= 15 is 0 Å². The molecule has 1 heterocycles. The molecule has 0 saturated heterocycles. The van der Waals surface area contributed by atoms with Crippen molar-refractivity contribution in [3.8, 4) is 5.75 Å². The van der Waals surface area contributed by atoms with Crippen molar-refractivity contribution in [2.75, 3.05) is 0 Å². The molecule has 0 radical (unpaired) electrons. The van der Waals surface area contributed by atoms with Gasteiger partial charge in [-0.15, -0.1) is 11.3 Å². The molecule has 0 bridgehead atoms. The number of ether oxygens (including phenoxy) is 1. The lowest BCUT2D eigenvalue weighted by Gasteiger charge is -2.05. The van der Waals surface area contributed by atoms with Gasteiger partial charge in [-0.3, -0.25) is 4.79 Å². The van der Waals surface area contributed by atoms with E-state index in [0.717, 1.165) is 10.7 Å². The number of carbonyl (C=O) groups is 1. The Morgan fingerprint density at radius 1 is 1.50 bits per heavy atom. The molecule has 0 atom stereocenters. The molecule has 1 aromatic carbocycles. The zero-order chi connectivity index (χ0) is 14.7. The highest BCUT2D eigenvalue weighted by molar-refractivity contribution is 9.10. The van der Waals surface area contributed by atoms with Crippen LogP contribution in [0.3, 0.4) is 0 Å². The van der Waals surface area contributed by atoms with Gasteiger partial charge in [0.25, 0.3) is 0 Å². The number of hydrogen-bond acceptors (Lipinski definition) is 4. The van der Waals surface area contributed by atoms with Crippen molar-refractivity contribution in [2.24, 2.45) is 0 Å². The van der Waals surface area contributed by atoms with Crippen LogP contribution in [0.5, 0.6) is 5.75 Å². The fourth-order valence-corrected chi connectivity index (χ4v) is 3.13. The van der Waals surface area contributed by atoms with E-state index in [4.69, 9.17) is 16.3 Å². The molecule has 0 fully saturated rings. The van der Waals surface area contributed by atoms with Gasteiger partial charge in [0.2, 0.25) is 0 Å². The Labute approximate surface area is 135 Å². The summed E-state index contributed by atoms with van der Waals surface area (Å²) in [4.78, 5) is 16.3. The van der Waals surface area contributed by atoms with Crippen LogP contribution in [0.25, 0.3) is 0 Å². The van der Waals surface area contributed by atoms with Crippen LogP contribution in [0.1, 0.15) is 30.5 Å². The average molecular weight is 375 g/mol. The average Bonchev–Trinajstić information content (AvgIpc) is 2.81. The van der Waals surface area contributed by atoms with Crippen LogP contribution in [0.2, 0.25) is 5.02 Å². The van der Waals surface area contributed by atoms with Crippen molar-refractivity contribution >= 4 is 44.8 Å². The first-order valence-electron chi connectivity index (χ1n) is 6.05. The third-order valence-corrected chi connectivity index (χ3v) is 4.56. The van der Waals surface area contributed by atoms with E-state index in [2.05, 4.69) is 34.8 Å². The first-order chi connectivity index (χ1) is 9.45. The number of halogens is 2. The lowest BCUT2D eigenvalue weighted by atomic mass is 10.2. The monoisotopic (exact) mass is 373 g/mol. The van der Waals surface area contributed by atoms with Crippen molar-refractivity contribution in [3.05, 3.63) is 43.8 Å². The molecular weight excluding hydrogens is 362 g/mol. The van der Waals surface area contributed by atoms with Gasteiger partial charge in [-0.2, -0.15) is 0 Å². The maximum atomic E-state index is 11.9. The van der Waals surface area contributed by atoms with E-state index in [1.807, 2.05) is 5.38 Å². The molecular formula is C14H13BrClNO2S. The standard InChI is InChI=1S/C14H13BrClNO2S/c1-8(2)14-17-10(7-20-14)6-13(18)19-12-4-3-9(16)5-11(12)15/h3-5,7-8H,6H2,1-2H3. The molecule has 0 N–H and O–H groups in total. The fourth-order valence-electron chi connectivity index (χ4n) is 1.53. The van der Waals surface area contributed by atoms with E-state index < -0.39 is 0 Å². The Hall–Kier alpha value is -0.910. The van der Waals surface area contributed by atoms with Crippen LogP contribution in [-0.4, -0.2) is 11.0 Å². The number of thiazole rings is 1. The quantitative estimate of drug-likeness (QED) is 0.568. The van der Waals surface area contributed by atoms with E-state index in [9.17, 15) is 4.79 Å². The molecule has 2 rings (SSSR count). The maximum Gasteiger partial charge on any atom is 0.317 e. The molecule has 20 heavy (non-hydrogen) atoms. The van der Waals surface area contributed by atoms with Crippen LogP contribution >= 0.6 is 38.9 Å². The van der Waals surface area contributed by atoms with Crippen LogP contribution in [0, 0.1) is 0 Å². The minimum Gasteiger partial charge on any atom is -0.425 e. The second-order valence-corrected chi connectivity index (χ2v) is 6.74. The Morgan fingerprint density at radius 2 is 2.25 bits per heavy atom. The van der Waals surface area contributed by atoms with Gasteiger partial charge in [0, 0.05) is 16.3 Å². The molecule has 0 aliphatic rings. The number of esters is 1. The zero-order valence-corrected chi connectivity index (χ0v) is 14.2. The number of rotatable bonds is 4. The highest BCUT2D eigenvalue weighted by Gasteiger charge is 2.13. The molecule has 2 aromatic rings. The minimum atomic E-state index is -0.339. The number of nitrogens with zero attached hydrogens (tertiary/aromatic N) is 1. The molecule has 0 aliphatic heterocycles. The predicted molar refractivity (Wildman–Crippen MR) is 84.7 cm³/mol. The highest BCUT2D eigenvalue weighted by atomic mass is 79.9. The second-order valence-electron chi connectivity index (χ2n) is 4.56. The molecule has 106 valence electrons. The van der Waals surface area contributed by atoms with Gasteiger partial charge in [-0.05, 0) is 34.1 Å². The smallest absolute Gasteiger partial charge is 0.317 e. The molecule has 0 saturated carbocycles. The lowest BCUT2D eigenvalue weighted by molar-refractivity contribution is -0.133. The van der Waals surface area contributed by atoms with Gasteiger partial charge < -0.3 is 4.74 Å². The number of carbonyl (C=O) groups excluding carboxylic acids is 1. The van der Waals surface area contributed by atoms with Crippen molar-refractivity contribution < 1.29 is 9.53 Å². The normalized spacial score (nSPS) is 10.8. The van der Waals surface area contributed by atoms with Gasteiger partial charge >= 0.3 is 5.97 Å². The Balaban J connectivity index is 2.01. The number of benzene rings is 1. The van der Waals surface area contributed by atoms with Crippen molar-refractivity contribution in [1.82, 2.24) is 4.98 Å². The number of hydrogen-bond donors (Lipinski definition) is 0. The van der Waals surface area contributed by atoms with Gasteiger partial charge in [-0.25, -0.2) is 4.98 Å². The van der Waals surface area contributed by atoms with Gasteiger partial charge in [0.05, 0.1) is 21.6 Å². The SMILES string of the molecule is CC(C)c1nc(CC(=O)Oc2ccc(Cl)cc2Br)cs1. The molecule has 0 unspecified atom stereocenters. The van der Waals surface area contributed by atoms with Crippen LogP contribution in [0.15, 0.2) is 28.1 Å². The van der Waals surface area contributed by atoms with Crippen molar-refractivity contribution in [3.63, 3.8) is 0 Å². The summed E-state index contributed by atoms with van der Waals surface area (Å²) in [6.07, 6.45) is 0.165. The minimum absolute atomic E-state index is 0.165. The second kappa shape index (κ2) is 6.70. The van der Waals surface area contributed by atoms with E-state index in [1.54, 1.807) is 29.5 Å². The first kappa shape index (κ1) is 15.5. The Kier molecular flexibility index (Phi) is 5.18. The molecule has 0 amide bonds. The third kappa shape index (κ3) is 4.04. The Bertz CT molecular complexity index is 627. The highest BCUT2D eigenvalue weighted by Crippen LogP contribution is 2.28. The third-order valence-electron chi connectivity index (χ3n) is 2.51. The molecule has 3 nitrogen and oxygen atoms in total. The summed E-state index contributed by atoms with van der Waals surface area (Å²) in [7, 11) is 0. The predicted octanol–water partition coefficient (Wildman–Crippen LogP) is 4.83. The molecule has 1 aromatic heterocycles. The number of aromatic nitrogens is 1. The molecule has 0 aliphatic carbocycles. The summed E-state index contributed by atoms with van der Waals surface area (Å²) in [6.45, 7) is 4.15. The summed E-state index contributed by atoms with van der Waals surface area (Å²) in [6, 6.07) is 5.02. The summed E-state index contributed by atoms with van der Waals surface area (Å²) < 4.78 is 5.95. The van der Waals surface area contributed by atoms with Gasteiger partial charge in [-0.1, -0.05) is 25.4 Å². The summed E-state index contributed by atoms with van der Waals surface area (Å²) in [5.74, 6) is 0.488. The van der Waals surface area contributed by atoms with Crippen LogP contribution in [-0.2, 0) is 11.2 Å². The first-order valence-corrected chi connectivity index (χ1v) is 8.11. The largest absolute Gasteiger partial charge is 0.425 e. The molecule has 6 heteroatoms. The van der Waals surface area contributed by atoms with Crippen molar-refractivity contribution in [2.45, 2.75) is 26.2 Å². The van der Waals surface area contributed by atoms with Gasteiger partial charge in [0.15, 0.2) is 0 Å². The van der Waals surface area contributed by atoms with Gasteiger partial charge in [0.1, 0.15) is 5.75 Å². The Morgan fingerprint density at radius 3 is 2.85 bits per heavy atom. The summed E-state index contributed by atoms with van der Waals surface area (Å²) in [5, 5.41) is 3.51. The fraction of sp³-hybridized carbons (Fsp3) is 0.286. The van der Waals surface area contributed by atoms with E-state index in [1.165, 1.54) is 0 Å². The summed E-state index contributed by atoms with van der Waals surface area (Å²) >= 11 is 10.7. The van der Waals surface area contributed by atoms with Crippen LogP contribution < -0.4 is 4.74 Å². The lowest BCUT2D eigenvalue weighted by Crippen LogP contribution is -2.11. The maximum absolute atomic E-state index is 11.9. The van der Waals surface area contributed by atoms with E-state index in [0.29, 0.717) is 21.2 Å². The van der Waals surface area contributed by atoms with Crippen molar-refractivity contribution in [1.29, 1.82) is 0 Å². The van der Waals surface area contributed by atoms with E-state index in [-0.39, 0.29) is 12.4 Å².